The molecule has 2 unspecified atom stereocenters. The van der Waals surface area contributed by atoms with Gasteiger partial charge < -0.3 is 10.1 Å². The number of aromatic nitrogens is 2. The normalized spacial score (nSPS) is 26.2. The van der Waals surface area contributed by atoms with Gasteiger partial charge in [0.25, 0.3) is 0 Å². The van der Waals surface area contributed by atoms with Gasteiger partial charge in [-0.1, -0.05) is 6.42 Å². The predicted octanol–water partition coefficient (Wildman–Crippen LogP) is 2.40. The summed E-state index contributed by atoms with van der Waals surface area (Å²) in [6.07, 6.45) is 4.70. The van der Waals surface area contributed by atoms with Crippen LogP contribution in [0.15, 0.2) is 0 Å². The average molecular weight is 294 g/mol. The van der Waals surface area contributed by atoms with E-state index in [1.54, 1.807) is 18.7 Å². The lowest BCUT2D eigenvalue weighted by Crippen LogP contribution is -2.64. The largest absolute Gasteiger partial charge is 0.378 e. The molecule has 7 nitrogen and oxygen atoms in total. The standard InChI is InChI=1S/C14H22N4O3/c1-4-21-11-8-10(14(11)6-5-7-14)15-13-12(18(19)20)9(2)16-17(13)3/h10-11,15H,4-8H2,1-3H3. The Hall–Kier alpha value is -1.63. The van der Waals surface area contributed by atoms with Crippen molar-refractivity contribution in [3.63, 3.8) is 0 Å². The minimum absolute atomic E-state index is 0.0897. The van der Waals surface area contributed by atoms with Gasteiger partial charge in [-0.25, -0.2) is 4.68 Å². The van der Waals surface area contributed by atoms with E-state index < -0.39 is 0 Å². The maximum absolute atomic E-state index is 11.2. The number of hydrogen-bond acceptors (Lipinski definition) is 5. The molecule has 2 aliphatic rings. The fraction of sp³-hybridized carbons (Fsp3) is 0.786. The summed E-state index contributed by atoms with van der Waals surface area (Å²) in [5, 5.41) is 18.8. The molecule has 0 aliphatic heterocycles. The maximum Gasteiger partial charge on any atom is 0.333 e. The van der Waals surface area contributed by atoms with Crippen LogP contribution in [-0.4, -0.2) is 33.5 Å². The second-order valence-electron chi connectivity index (χ2n) is 6.13. The van der Waals surface area contributed by atoms with Gasteiger partial charge in [-0.05, 0) is 33.1 Å². The highest BCUT2D eigenvalue weighted by Crippen LogP contribution is 2.58. The third-order valence-electron chi connectivity index (χ3n) is 5.12. The zero-order valence-electron chi connectivity index (χ0n) is 12.8. The second-order valence-corrected chi connectivity index (χ2v) is 6.13. The van der Waals surface area contributed by atoms with Crippen molar-refractivity contribution in [3.8, 4) is 0 Å². The highest BCUT2D eigenvalue weighted by atomic mass is 16.6. The minimum Gasteiger partial charge on any atom is -0.378 e. The molecule has 2 saturated carbocycles. The van der Waals surface area contributed by atoms with E-state index in [1.165, 1.54) is 6.42 Å². The molecule has 2 fully saturated rings. The molecule has 0 aromatic carbocycles. The maximum atomic E-state index is 11.2. The lowest BCUT2D eigenvalue weighted by atomic mass is 9.51. The van der Waals surface area contributed by atoms with Gasteiger partial charge in [-0.15, -0.1) is 0 Å². The topological polar surface area (TPSA) is 82.2 Å². The van der Waals surface area contributed by atoms with E-state index in [9.17, 15) is 10.1 Å². The molecule has 1 spiro atoms. The number of rotatable bonds is 5. The molecule has 116 valence electrons. The van der Waals surface area contributed by atoms with E-state index in [1.807, 2.05) is 6.92 Å². The summed E-state index contributed by atoms with van der Waals surface area (Å²) < 4.78 is 7.40. The first-order valence-corrected chi connectivity index (χ1v) is 7.55. The van der Waals surface area contributed by atoms with Crippen molar-refractivity contribution in [2.75, 3.05) is 11.9 Å². The Morgan fingerprint density at radius 2 is 2.29 bits per heavy atom. The Bertz CT molecular complexity index is 565. The van der Waals surface area contributed by atoms with Crippen LogP contribution in [0, 0.1) is 22.5 Å². The molecule has 1 heterocycles. The lowest BCUT2D eigenvalue weighted by Gasteiger charge is -2.61. The van der Waals surface area contributed by atoms with E-state index in [2.05, 4.69) is 10.4 Å². The molecule has 0 amide bonds. The molecule has 0 saturated heterocycles. The lowest BCUT2D eigenvalue weighted by molar-refractivity contribution is -0.384. The summed E-state index contributed by atoms with van der Waals surface area (Å²) >= 11 is 0. The van der Waals surface area contributed by atoms with E-state index in [4.69, 9.17) is 4.74 Å². The average Bonchev–Trinajstić information content (AvgIpc) is 2.60. The number of hydrogen-bond donors (Lipinski definition) is 1. The number of nitrogens with zero attached hydrogens (tertiary/aromatic N) is 3. The number of anilines is 1. The summed E-state index contributed by atoms with van der Waals surface area (Å²) in [6, 6.07) is 0.247. The Morgan fingerprint density at radius 1 is 1.57 bits per heavy atom. The number of ether oxygens (including phenoxy) is 1. The van der Waals surface area contributed by atoms with Gasteiger partial charge in [0.15, 0.2) is 0 Å². The summed E-state index contributed by atoms with van der Waals surface area (Å²) in [5.41, 5.74) is 0.711. The Kier molecular flexibility index (Phi) is 3.39. The quantitative estimate of drug-likeness (QED) is 0.666. The van der Waals surface area contributed by atoms with Crippen LogP contribution >= 0.6 is 0 Å². The molecule has 1 aromatic heterocycles. The van der Waals surface area contributed by atoms with Crippen molar-refractivity contribution >= 4 is 11.5 Å². The highest BCUT2D eigenvalue weighted by Gasteiger charge is 2.59. The molecule has 7 heteroatoms. The van der Waals surface area contributed by atoms with Crippen LogP contribution in [0.4, 0.5) is 11.5 Å². The van der Waals surface area contributed by atoms with Crippen LogP contribution in [0.2, 0.25) is 0 Å². The van der Waals surface area contributed by atoms with E-state index >= 15 is 0 Å². The van der Waals surface area contributed by atoms with Gasteiger partial charge in [0.05, 0.1) is 11.0 Å². The SMILES string of the molecule is CCOC1CC(Nc2c([N+](=O)[O-])c(C)nn2C)C12CCC2. The molecule has 0 bridgehead atoms. The Labute approximate surface area is 123 Å². The van der Waals surface area contributed by atoms with E-state index in [-0.39, 0.29) is 22.1 Å². The molecular weight excluding hydrogens is 272 g/mol. The van der Waals surface area contributed by atoms with E-state index in [0.29, 0.717) is 17.6 Å². The summed E-state index contributed by atoms with van der Waals surface area (Å²) in [5.74, 6) is 0.517. The fourth-order valence-electron chi connectivity index (χ4n) is 3.83. The molecule has 0 radical (unpaired) electrons. The van der Waals surface area contributed by atoms with Crippen molar-refractivity contribution in [1.29, 1.82) is 0 Å². The minimum atomic E-state index is -0.350. The summed E-state index contributed by atoms with van der Waals surface area (Å²) in [4.78, 5) is 10.9. The van der Waals surface area contributed by atoms with Crippen molar-refractivity contribution in [1.82, 2.24) is 9.78 Å². The molecule has 1 aromatic rings. The zero-order valence-corrected chi connectivity index (χ0v) is 12.8. The fourth-order valence-corrected chi connectivity index (χ4v) is 3.83. The van der Waals surface area contributed by atoms with Crippen molar-refractivity contribution in [3.05, 3.63) is 15.8 Å². The molecule has 21 heavy (non-hydrogen) atoms. The van der Waals surface area contributed by atoms with Crippen LogP contribution < -0.4 is 5.32 Å². The third-order valence-corrected chi connectivity index (χ3v) is 5.12. The number of aryl methyl sites for hydroxylation is 2. The Morgan fingerprint density at radius 3 is 2.81 bits per heavy atom. The first-order valence-electron chi connectivity index (χ1n) is 7.55. The van der Waals surface area contributed by atoms with Crippen LogP contribution in [0.5, 0.6) is 0 Å². The number of nitro groups is 1. The van der Waals surface area contributed by atoms with Gasteiger partial charge in [0, 0.05) is 25.1 Å². The monoisotopic (exact) mass is 294 g/mol. The van der Waals surface area contributed by atoms with Gasteiger partial charge in [-0.2, -0.15) is 5.10 Å². The smallest absolute Gasteiger partial charge is 0.333 e. The van der Waals surface area contributed by atoms with Gasteiger partial charge >= 0.3 is 5.69 Å². The summed E-state index contributed by atoms with van der Waals surface area (Å²) in [7, 11) is 1.74. The second kappa shape index (κ2) is 4.98. The highest BCUT2D eigenvalue weighted by molar-refractivity contribution is 5.60. The van der Waals surface area contributed by atoms with Crippen LogP contribution in [0.1, 0.15) is 38.3 Å². The van der Waals surface area contributed by atoms with Crippen molar-refractivity contribution in [2.24, 2.45) is 12.5 Å². The molecule has 2 atom stereocenters. The third kappa shape index (κ3) is 2.02. The first kappa shape index (κ1) is 14.3. The predicted molar refractivity (Wildman–Crippen MR) is 78.3 cm³/mol. The van der Waals surface area contributed by atoms with Crippen molar-refractivity contribution in [2.45, 2.75) is 51.7 Å². The van der Waals surface area contributed by atoms with E-state index in [0.717, 1.165) is 25.9 Å². The van der Waals surface area contributed by atoms with Crippen LogP contribution in [0.3, 0.4) is 0 Å². The molecule has 2 aliphatic carbocycles. The molecule has 1 N–H and O–H groups in total. The number of nitrogens with one attached hydrogen (secondary N) is 1. The zero-order chi connectivity index (χ0) is 15.2. The first-order chi connectivity index (χ1) is 9.99. The van der Waals surface area contributed by atoms with Gasteiger partial charge in [0.2, 0.25) is 5.82 Å². The molecule has 3 rings (SSSR count). The van der Waals surface area contributed by atoms with Crippen molar-refractivity contribution < 1.29 is 9.66 Å². The Balaban J connectivity index is 1.81. The van der Waals surface area contributed by atoms with Crippen LogP contribution in [0.25, 0.3) is 0 Å². The summed E-state index contributed by atoms with van der Waals surface area (Å²) in [6.45, 7) is 4.42. The van der Waals surface area contributed by atoms with Crippen LogP contribution in [-0.2, 0) is 11.8 Å². The van der Waals surface area contributed by atoms with Gasteiger partial charge in [0.1, 0.15) is 5.69 Å². The van der Waals surface area contributed by atoms with Gasteiger partial charge in [-0.3, -0.25) is 10.1 Å². The molecular formula is C14H22N4O3.